The van der Waals surface area contributed by atoms with Crippen molar-refractivity contribution in [2.24, 2.45) is 0 Å². The van der Waals surface area contributed by atoms with E-state index < -0.39 is 6.04 Å². The second kappa shape index (κ2) is 12.0. The summed E-state index contributed by atoms with van der Waals surface area (Å²) in [6.07, 6.45) is 7.60. The maximum absolute atomic E-state index is 13.0. The third kappa shape index (κ3) is 6.30. The van der Waals surface area contributed by atoms with E-state index in [1.165, 1.54) is 11.1 Å². The topological polar surface area (TPSA) is 104 Å². The Bertz CT molecular complexity index is 1460. The van der Waals surface area contributed by atoms with Crippen LogP contribution in [0.2, 0.25) is 5.02 Å². The highest BCUT2D eigenvalue weighted by atomic mass is 35.5. The number of rotatable bonds is 8. The summed E-state index contributed by atoms with van der Waals surface area (Å²) in [7, 11) is 0. The van der Waals surface area contributed by atoms with Crippen LogP contribution >= 0.6 is 11.6 Å². The Hall–Kier alpha value is -3.72. The van der Waals surface area contributed by atoms with E-state index >= 15 is 0 Å². The monoisotopic (exact) mass is 544 g/mol. The number of hydrogen-bond donors (Lipinski definition) is 4. The van der Waals surface area contributed by atoms with Gasteiger partial charge in [-0.05, 0) is 92.7 Å². The Morgan fingerprint density at radius 2 is 1.97 bits per heavy atom. The molecule has 1 unspecified atom stereocenters. The molecule has 1 aliphatic rings. The Morgan fingerprint density at radius 3 is 2.72 bits per heavy atom. The minimum Gasteiger partial charge on any atom is -0.394 e. The van der Waals surface area contributed by atoms with E-state index in [1.54, 1.807) is 47.4 Å². The number of anilines is 2. The highest BCUT2D eigenvalue weighted by molar-refractivity contribution is 6.30. The number of benzene rings is 2. The molecule has 1 amide bonds. The summed E-state index contributed by atoms with van der Waals surface area (Å²) in [5, 5.41) is 20.0. The van der Waals surface area contributed by atoms with Crippen LogP contribution in [0.15, 0.2) is 67.1 Å². The van der Waals surface area contributed by atoms with Crippen LogP contribution in [0.3, 0.4) is 0 Å². The summed E-state index contributed by atoms with van der Waals surface area (Å²) < 4.78 is 1.80. The number of amides is 1. The van der Waals surface area contributed by atoms with Crippen molar-refractivity contribution in [2.45, 2.75) is 38.6 Å². The van der Waals surface area contributed by atoms with E-state index in [2.05, 4.69) is 46.1 Å². The van der Waals surface area contributed by atoms with Crippen LogP contribution in [-0.4, -0.2) is 45.2 Å². The first-order chi connectivity index (χ1) is 18.9. The molecule has 0 spiro atoms. The Kier molecular flexibility index (Phi) is 8.26. The number of carbonyl (C=O) groups is 1. The molecule has 1 saturated heterocycles. The number of nitrogens with zero attached hydrogens (tertiary/aromatic N) is 3. The SMILES string of the molecule is Cc1cc(Nc2ncc(C)c(-n3ccc(C(=O)NC(CO)c4cccc(Cl)c4)c3)n2)ccc1C1CCNCC1. The Morgan fingerprint density at radius 1 is 1.15 bits per heavy atom. The number of halogens is 1. The number of hydrogen-bond acceptors (Lipinski definition) is 6. The minimum atomic E-state index is -0.569. The van der Waals surface area contributed by atoms with Crippen LogP contribution in [0.5, 0.6) is 0 Å². The van der Waals surface area contributed by atoms with Crippen molar-refractivity contribution < 1.29 is 9.90 Å². The van der Waals surface area contributed by atoms with E-state index in [9.17, 15) is 9.90 Å². The van der Waals surface area contributed by atoms with Gasteiger partial charge in [0.1, 0.15) is 5.82 Å². The van der Waals surface area contributed by atoms with Gasteiger partial charge in [-0.25, -0.2) is 4.98 Å². The molecule has 9 heteroatoms. The first-order valence-corrected chi connectivity index (χ1v) is 13.6. The van der Waals surface area contributed by atoms with Crippen LogP contribution < -0.4 is 16.0 Å². The Balaban J connectivity index is 1.30. The van der Waals surface area contributed by atoms with E-state index in [0.29, 0.717) is 28.3 Å². The van der Waals surface area contributed by atoms with Crippen molar-refractivity contribution >= 4 is 29.1 Å². The quantitative estimate of drug-likeness (QED) is 0.243. The lowest BCUT2D eigenvalue weighted by Gasteiger charge is -2.24. The molecular weight excluding hydrogens is 512 g/mol. The molecule has 3 heterocycles. The second-order valence-corrected chi connectivity index (χ2v) is 10.4. The maximum Gasteiger partial charge on any atom is 0.253 e. The average molecular weight is 545 g/mol. The van der Waals surface area contributed by atoms with Gasteiger partial charge in [0.2, 0.25) is 5.95 Å². The summed E-state index contributed by atoms with van der Waals surface area (Å²) in [6, 6.07) is 14.7. The number of nitrogens with one attached hydrogen (secondary N) is 3. The molecule has 1 aliphatic heterocycles. The molecule has 202 valence electrons. The maximum atomic E-state index is 13.0. The fourth-order valence-electron chi connectivity index (χ4n) is 5.09. The van der Waals surface area contributed by atoms with Gasteiger partial charge in [-0.15, -0.1) is 0 Å². The van der Waals surface area contributed by atoms with Gasteiger partial charge in [-0.1, -0.05) is 29.8 Å². The number of piperidine rings is 1. The van der Waals surface area contributed by atoms with Crippen molar-refractivity contribution in [3.8, 4) is 5.82 Å². The van der Waals surface area contributed by atoms with Gasteiger partial charge in [0.25, 0.3) is 5.91 Å². The largest absolute Gasteiger partial charge is 0.394 e. The van der Waals surface area contributed by atoms with Gasteiger partial charge in [0.15, 0.2) is 0 Å². The van der Waals surface area contributed by atoms with Gasteiger partial charge in [0.05, 0.1) is 18.2 Å². The molecule has 39 heavy (non-hydrogen) atoms. The molecule has 2 aromatic heterocycles. The van der Waals surface area contributed by atoms with E-state index in [1.807, 2.05) is 13.0 Å². The van der Waals surface area contributed by atoms with Crippen LogP contribution in [0.1, 0.15) is 57.4 Å². The van der Waals surface area contributed by atoms with Gasteiger partial charge in [-0.2, -0.15) is 4.98 Å². The predicted molar refractivity (Wildman–Crippen MR) is 154 cm³/mol. The zero-order valence-corrected chi connectivity index (χ0v) is 22.9. The third-order valence-corrected chi connectivity index (χ3v) is 7.42. The Labute approximate surface area is 233 Å². The molecule has 4 aromatic rings. The molecule has 1 fully saturated rings. The fraction of sp³-hybridized carbons (Fsp3) is 0.300. The number of aromatic nitrogens is 3. The van der Waals surface area contributed by atoms with Crippen molar-refractivity contribution in [1.82, 2.24) is 25.2 Å². The first kappa shape index (κ1) is 26.9. The van der Waals surface area contributed by atoms with Gasteiger partial charge < -0.3 is 25.6 Å². The normalized spacial score (nSPS) is 14.7. The zero-order valence-electron chi connectivity index (χ0n) is 22.1. The number of aryl methyl sites for hydroxylation is 2. The number of aliphatic hydroxyl groups excluding tert-OH is 1. The fourth-order valence-corrected chi connectivity index (χ4v) is 5.29. The smallest absolute Gasteiger partial charge is 0.253 e. The number of aliphatic hydroxyl groups is 1. The average Bonchev–Trinajstić information content (AvgIpc) is 3.44. The molecule has 0 aliphatic carbocycles. The molecule has 0 saturated carbocycles. The van der Waals surface area contributed by atoms with E-state index in [4.69, 9.17) is 16.6 Å². The molecule has 8 nitrogen and oxygen atoms in total. The van der Waals surface area contributed by atoms with Crippen LogP contribution in [0.4, 0.5) is 11.6 Å². The van der Waals surface area contributed by atoms with Crippen molar-refractivity contribution in [3.63, 3.8) is 0 Å². The van der Waals surface area contributed by atoms with Crippen LogP contribution in [0, 0.1) is 13.8 Å². The van der Waals surface area contributed by atoms with Gasteiger partial charge >= 0.3 is 0 Å². The molecule has 5 rings (SSSR count). The molecule has 4 N–H and O–H groups in total. The highest BCUT2D eigenvalue weighted by Gasteiger charge is 2.19. The minimum absolute atomic E-state index is 0.245. The molecule has 0 bridgehead atoms. The molecule has 1 atom stereocenters. The molecule has 0 radical (unpaired) electrons. The summed E-state index contributed by atoms with van der Waals surface area (Å²) in [5.74, 6) is 1.44. The van der Waals surface area contributed by atoms with Crippen LogP contribution in [0.25, 0.3) is 5.82 Å². The van der Waals surface area contributed by atoms with Gasteiger partial charge in [-0.3, -0.25) is 4.79 Å². The highest BCUT2D eigenvalue weighted by Crippen LogP contribution is 2.30. The predicted octanol–water partition coefficient (Wildman–Crippen LogP) is 5.21. The lowest BCUT2D eigenvalue weighted by molar-refractivity contribution is 0.0916. The summed E-state index contributed by atoms with van der Waals surface area (Å²) in [6.45, 7) is 5.97. The summed E-state index contributed by atoms with van der Waals surface area (Å²) >= 11 is 6.08. The first-order valence-electron chi connectivity index (χ1n) is 13.2. The lowest BCUT2D eigenvalue weighted by Crippen LogP contribution is -2.30. The molecule has 2 aromatic carbocycles. The molecular formula is C30H33ClN6O2. The number of carbonyl (C=O) groups excluding carboxylic acids is 1. The standard InChI is InChI=1S/C30H33ClN6O2/c1-19-14-25(6-7-26(19)21-8-11-32-12-9-21)34-30-33-16-20(2)28(36-30)37-13-10-23(17-37)29(39)35-27(18-38)22-4-3-5-24(31)15-22/h3-7,10,13-17,21,27,32,38H,8-9,11-12,18H2,1-2H3,(H,35,39)(H,33,34,36). The second-order valence-electron chi connectivity index (χ2n) is 9.99. The van der Waals surface area contributed by atoms with Gasteiger partial charge in [0, 0.05) is 34.9 Å². The lowest BCUT2D eigenvalue weighted by atomic mass is 9.87. The zero-order chi connectivity index (χ0) is 27.4. The summed E-state index contributed by atoms with van der Waals surface area (Å²) in [5.41, 5.74) is 5.66. The summed E-state index contributed by atoms with van der Waals surface area (Å²) in [4.78, 5) is 22.2. The van der Waals surface area contributed by atoms with Crippen LogP contribution in [-0.2, 0) is 0 Å². The third-order valence-electron chi connectivity index (χ3n) is 7.19. The van der Waals surface area contributed by atoms with Crippen molar-refractivity contribution in [2.75, 3.05) is 25.0 Å². The van der Waals surface area contributed by atoms with E-state index in [-0.39, 0.29) is 12.5 Å². The van der Waals surface area contributed by atoms with E-state index in [0.717, 1.165) is 42.7 Å². The van der Waals surface area contributed by atoms with Crippen molar-refractivity contribution in [3.05, 3.63) is 100.0 Å². The van der Waals surface area contributed by atoms with Crippen molar-refractivity contribution in [1.29, 1.82) is 0 Å².